The van der Waals surface area contributed by atoms with Crippen molar-refractivity contribution in [3.05, 3.63) is 39.2 Å². The molecule has 0 aliphatic carbocycles. The zero-order valence-electron chi connectivity index (χ0n) is 11.5. The van der Waals surface area contributed by atoms with E-state index in [-0.39, 0.29) is 5.69 Å². The van der Waals surface area contributed by atoms with E-state index < -0.39 is 55.6 Å². The molecule has 0 aliphatic rings. The van der Waals surface area contributed by atoms with Crippen LogP contribution in [0.5, 0.6) is 0 Å². The van der Waals surface area contributed by atoms with Crippen LogP contribution in [0.4, 0.5) is 38.0 Å². The topological polar surface area (TPSA) is 48.2 Å². The van der Waals surface area contributed by atoms with Crippen molar-refractivity contribution in [2.24, 2.45) is 0 Å². The largest absolute Gasteiger partial charge is 0.445 e. The summed E-state index contributed by atoms with van der Waals surface area (Å²) in [5.41, 5.74) is -0.705. The van der Waals surface area contributed by atoms with Crippen LogP contribution in [0.25, 0.3) is 10.5 Å². The molecule has 0 saturated heterocycles. The highest BCUT2D eigenvalue weighted by Gasteiger charge is 2.36. The highest BCUT2D eigenvalue weighted by atomic mass is 35.5. The van der Waals surface area contributed by atoms with Crippen molar-refractivity contribution in [1.29, 1.82) is 0 Å². The summed E-state index contributed by atoms with van der Waals surface area (Å²) in [6.45, 7) is 6.89. The van der Waals surface area contributed by atoms with E-state index in [1.165, 1.54) is 0 Å². The highest BCUT2D eigenvalue weighted by molar-refractivity contribution is 8.00. The molecule has 0 saturated carbocycles. The fraction of sp³-hybridized carbons (Fsp3) is 0.167. The number of benzene rings is 1. The number of nitrogens with zero attached hydrogens (tertiary/aromatic N) is 3. The fourth-order valence-electron chi connectivity index (χ4n) is 1.79. The maximum Gasteiger partial charge on any atom is 0.445 e. The summed E-state index contributed by atoms with van der Waals surface area (Å²) < 4.78 is 76.6. The first-order valence-corrected chi connectivity index (χ1v) is 7.50. The number of hydrogen-bond donors (Lipinski definition) is 1. The molecule has 0 bridgehead atoms. The molecule has 0 unspecified atom stereocenters. The Morgan fingerprint density at radius 3 is 2.04 bits per heavy atom. The van der Waals surface area contributed by atoms with Gasteiger partial charge in [0.05, 0.1) is 20.5 Å². The summed E-state index contributed by atoms with van der Waals surface area (Å²) in [7, 11) is 0. The van der Waals surface area contributed by atoms with E-state index in [0.29, 0.717) is 16.8 Å². The van der Waals surface area contributed by atoms with Gasteiger partial charge in [0.1, 0.15) is 5.69 Å². The molecule has 4 nitrogen and oxygen atoms in total. The van der Waals surface area contributed by atoms with Crippen LogP contribution in [0.2, 0.25) is 10.0 Å². The van der Waals surface area contributed by atoms with Gasteiger partial charge in [-0.25, -0.2) is 0 Å². The Kier molecular flexibility index (Phi) is 5.09. The lowest BCUT2D eigenvalue weighted by Crippen LogP contribution is -2.09. The minimum absolute atomic E-state index is 0.368. The van der Waals surface area contributed by atoms with Crippen molar-refractivity contribution in [3.63, 3.8) is 0 Å². The first-order valence-electron chi connectivity index (χ1n) is 5.93. The molecule has 0 aliphatic heterocycles. The van der Waals surface area contributed by atoms with Gasteiger partial charge in [0.15, 0.2) is 5.82 Å². The molecule has 1 aromatic carbocycles. The van der Waals surface area contributed by atoms with E-state index in [2.05, 4.69) is 9.94 Å². The summed E-state index contributed by atoms with van der Waals surface area (Å²) in [6.07, 6.45) is -4.74. The molecular weight excluding hydrogens is 417 g/mol. The van der Waals surface area contributed by atoms with Crippen molar-refractivity contribution >= 4 is 46.6 Å². The quantitative estimate of drug-likeness (QED) is 0.371. The van der Waals surface area contributed by atoms with Gasteiger partial charge in [0.2, 0.25) is 0 Å². The number of aromatic nitrogens is 2. The van der Waals surface area contributed by atoms with Gasteiger partial charge in [-0.05, 0) is 29.0 Å². The van der Waals surface area contributed by atoms with E-state index in [1.807, 2.05) is 0 Å². The third-order valence-electron chi connectivity index (χ3n) is 2.74. The Labute approximate surface area is 150 Å². The maximum atomic E-state index is 12.7. The number of alkyl halides is 6. The number of nitrogen functional groups attached to an aromatic ring is 1. The molecule has 13 heteroatoms. The number of rotatable bonds is 2. The monoisotopic (exact) mass is 420 g/mol. The Morgan fingerprint density at radius 1 is 1.12 bits per heavy atom. The van der Waals surface area contributed by atoms with Gasteiger partial charge in [-0.3, -0.25) is 0 Å². The van der Waals surface area contributed by atoms with E-state index in [4.69, 9.17) is 35.5 Å². The lowest BCUT2D eigenvalue weighted by atomic mass is 10.2. The molecule has 0 fully saturated rings. The normalized spacial score (nSPS) is 12.3. The Bertz CT molecular complexity index is 845. The zero-order valence-corrected chi connectivity index (χ0v) is 13.8. The van der Waals surface area contributed by atoms with Crippen LogP contribution in [0.3, 0.4) is 0 Å². The second kappa shape index (κ2) is 6.51. The highest BCUT2D eigenvalue weighted by Crippen LogP contribution is 2.46. The number of thioether (sulfide) groups is 1. The van der Waals surface area contributed by atoms with Crippen LogP contribution in [0, 0.1) is 6.57 Å². The van der Waals surface area contributed by atoms with Gasteiger partial charge in [0, 0.05) is 0 Å². The van der Waals surface area contributed by atoms with Gasteiger partial charge < -0.3 is 10.6 Å². The predicted octanol–water partition coefficient (Wildman–Crippen LogP) is 5.94. The van der Waals surface area contributed by atoms with E-state index >= 15 is 0 Å². The van der Waals surface area contributed by atoms with Crippen molar-refractivity contribution < 1.29 is 26.3 Å². The van der Waals surface area contributed by atoms with Crippen LogP contribution in [0.1, 0.15) is 5.56 Å². The zero-order chi connectivity index (χ0) is 19.2. The maximum absolute atomic E-state index is 12.7. The predicted molar refractivity (Wildman–Crippen MR) is 81.2 cm³/mol. The molecule has 0 atom stereocenters. The second-order valence-electron chi connectivity index (χ2n) is 4.40. The Balaban J connectivity index is 2.66. The molecule has 0 radical (unpaired) electrons. The summed E-state index contributed by atoms with van der Waals surface area (Å²) in [4.78, 5) is 2.13. The molecule has 2 aromatic rings. The summed E-state index contributed by atoms with van der Waals surface area (Å²) in [5.74, 6) is -1.32. The second-order valence-corrected chi connectivity index (χ2v) is 6.29. The fourth-order valence-corrected chi connectivity index (χ4v) is 3.04. The van der Waals surface area contributed by atoms with Gasteiger partial charge in [-0.2, -0.15) is 26.3 Å². The van der Waals surface area contributed by atoms with E-state index in [9.17, 15) is 26.3 Å². The van der Waals surface area contributed by atoms with Gasteiger partial charge in [-0.15, -0.1) is 4.68 Å². The van der Waals surface area contributed by atoms with Gasteiger partial charge in [-0.1, -0.05) is 29.8 Å². The Morgan fingerprint density at radius 2 is 1.64 bits per heavy atom. The molecule has 2 rings (SSSR count). The van der Waals surface area contributed by atoms with Crippen molar-refractivity contribution in [2.75, 3.05) is 5.73 Å². The first-order chi connectivity index (χ1) is 11.3. The van der Waals surface area contributed by atoms with E-state index in [0.717, 1.165) is 0 Å². The van der Waals surface area contributed by atoms with Crippen LogP contribution >= 0.6 is 35.0 Å². The minimum atomic E-state index is -4.75. The number of anilines is 1. The molecule has 134 valence electrons. The third kappa shape index (κ3) is 4.08. The first kappa shape index (κ1) is 19.6. The minimum Gasteiger partial charge on any atom is -0.382 e. The lowest BCUT2D eigenvalue weighted by molar-refractivity contribution is -0.137. The molecule has 2 N–H and O–H groups in total. The van der Waals surface area contributed by atoms with Crippen molar-refractivity contribution in [1.82, 2.24) is 9.78 Å². The van der Waals surface area contributed by atoms with Crippen LogP contribution in [0.15, 0.2) is 17.0 Å². The number of hydrogen-bond acceptors (Lipinski definition) is 3. The van der Waals surface area contributed by atoms with Crippen molar-refractivity contribution in [3.8, 4) is 5.69 Å². The molecule has 25 heavy (non-hydrogen) atoms. The molecule has 1 heterocycles. The van der Waals surface area contributed by atoms with Crippen LogP contribution in [-0.2, 0) is 6.18 Å². The van der Waals surface area contributed by atoms with Gasteiger partial charge in [0.25, 0.3) is 0 Å². The average Bonchev–Trinajstić information content (AvgIpc) is 2.73. The molecular formula is C12H4Cl2F6N4S. The summed E-state index contributed by atoms with van der Waals surface area (Å²) >= 11 is 10.9. The number of halogens is 8. The third-order valence-corrected chi connectivity index (χ3v) is 4.14. The standard InChI is InChI=1S/C12H4Cl2F6N4S/c1-22-10-8(25-12(18,19)20)9(21)24(23-10)7-5(13)2-4(3-6(7)14)11(15,16)17/h2-3H,21H2. The summed E-state index contributed by atoms with van der Waals surface area (Å²) in [6, 6.07) is 1.05. The van der Waals surface area contributed by atoms with Crippen LogP contribution < -0.4 is 5.73 Å². The molecule has 0 spiro atoms. The van der Waals surface area contributed by atoms with Gasteiger partial charge >= 0.3 is 17.5 Å². The number of nitrogens with two attached hydrogens (primary N) is 1. The van der Waals surface area contributed by atoms with Crippen LogP contribution in [-0.4, -0.2) is 15.3 Å². The van der Waals surface area contributed by atoms with Crippen molar-refractivity contribution in [2.45, 2.75) is 16.6 Å². The smallest absolute Gasteiger partial charge is 0.382 e. The Hall–Kier alpha value is -1.77. The van der Waals surface area contributed by atoms with E-state index in [1.54, 1.807) is 0 Å². The average molecular weight is 421 g/mol. The lowest BCUT2D eigenvalue weighted by Gasteiger charge is -2.12. The molecule has 1 aromatic heterocycles. The molecule has 0 amide bonds. The SMILES string of the molecule is [C-]#[N+]c1nn(-c2c(Cl)cc(C(F)(F)F)cc2Cl)c(N)c1SC(F)(F)F. The summed E-state index contributed by atoms with van der Waals surface area (Å²) in [5, 5.41) is 2.47.